The average Bonchev–Trinajstić information content (AvgIpc) is 2.87. The normalized spacial score (nSPS) is 21.2. The minimum atomic E-state index is -0.155. The van der Waals surface area contributed by atoms with Gasteiger partial charge in [0.25, 0.3) is 0 Å². The predicted octanol–water partition coefficient (Wildman–Crippen LogP) is 4.72. The molecule has 0 N–H and O–H groups in total. The van der Waals surface area contributed by atoms with Crippen molar-refractivity contribution in [3.63, 3.8) is 0 Å². The summed E-state index contributed by atoms with van der Waals surface area (Å²) in [7, 11) is 1.84. The maximum absolute atomic E-state index is 13.2. The van der Waals surface area contributed by atoms with Crippen molar-refractivity contribution in [1.29, 1.82) is 0 Å². The molecular formula is C29H38ClN3O3. The Morgan fingerprint density at radius 3 is 2.50 bits per heavy atom. The van der Waals surface area contributed by atoms with E-state index in [1.54, 1.807) is 11.0 Å². The van der Waals surface area contributed by atoms with Gasteiger partial charge in [-0.15, -0.1) is 0 Å². The summed E-state index contributed by atoms with van der Waals surface area (Å²) in [6.45, 7) is 6.42. The number of likely N-dealkylation sites (tertiary alicyclic amines) is 2. The number of amides is 2. The van der Waals surface area contributed by atoms with Crippen LogP contribution in [0.4, 0.5) is 0 Å². The van der Waals surface area contributed by atoms with Crippen molar-refractivity contribution in [2.75, 3.05) is 39.8 Å². The fourth-order valence-electron chi connectivity index (χ4n) is 5.14. The molecule has 0 bridgehead atoms. The highest BCUT2D eigenvalue weighted by Crippen LogP contribution is 2.28. The fourth-order valence-corrected chi connectivity index (χ4v) is 5.32. The maximum Gasteiger partial charge on any atom is 0.236 e. The Labute approximate surface area is 220 Å². The summed E-state index contributed by atoms with van der Waals surface area (Å²) < 4.78 is 6.33. The summed E-state index contributed by atoms with van der Waals surface area (Å²) in [6.07, 6.45) is 3.16. The van der Waals surface area contributed by atoms with Gasteiger partial charge in [0.05, 0.1) is 6.54 Å². The zero-order chi connectivity index (χ0) is 25.5. The van der Waals surface area contributed by atoms with Crippen molar-refractivity contribution in [2.45, 2.75) is 45.3 Å². The van der Waals surface area contributed by atoms with Crippen LogP contribution in [0.3, 0.4) is 0 Å². The highest BCUT2D eigenvalue weighted by Gasteiger charge is 2.35. The Bertz CT molecular complexity index is 1010. The second-order valence-electron chi connectivity index (χ2n) is 10.4. The number of hydrogen-bond acceptors (Lipinski definition) is 4. The maximum atomic E-state index is 13.2. The van der Waals surface area contributed by atoms with Crippen LogP contribution in [0.5, 0.6) is 5.75 Å². The zero-order valence-electron chi connectivity index (χ0n) is 21.4. The van der Waals surface area contributed by atoms with Crippen LogP contribution >= 0.6 is 11.6 Å². The van der Waals surface area contributed by atoms with Crippen LogP contribution in [0.15, 0.2) is 54.6 Å². The standard InChI is InChI=1S/C29H38ClN3O3/c1-22-11-14-32(15-12-22)21-29(35)33-16-13-27(36-26-10-6-9-25(30)18-26)24(20-33)17-28(34)31(2)19-23-7-4-3-5-8-23/h3-10,18,22,24,27H,11-17,19-21H2,1-2H3/t24-,27-/m0/s1. The van der Waals surface area contributed by atoms with Crippen LogP contribution in [0, 0.1) is 11.8 Å². The summed E-state index contributed by atoms with van der Waals surface area (Å²) in [5.41, 5.74) is 1.09. The Morgan fingerprint density at radius 2 is 1.78 bits per heavy atom. The van der Waals surface area contributed by atoms with Gasteiger partial charge >= 0.3 is 0 Å². The minimum Gasteiger partial charge on any atom is -0.490 e. The second-order valence-corrected chi connectivity index (χ2v) is 10.8. The molecule has 2 saturated heterocycles. The molecule has 7 heteroatoms. The van der Waals surface area contributed by atoms with E-state index < -0.39 is 0 Å². The first-order valence-corrected chi connectivity index (χ1v) is 13.5. The third-order valence-corrected chi connectivity index (χ3v) is 7.70. The van der Waals surface area contributed by atoms with Gasteiger partial charge in [-0.2, -0.15) is 0 Å². The molecule has 36 heavy (non-hydrogen) atoms. The van der Waals surface area contributed by atoms with Crippen LogP contribution < -0.4 is 4.74 Å². The third kappa shape index (κ3) is 7.47. The predicted molar refractivity (Wildman–Crippen MR) is 143 cm³/mol. The Hall–Kier alpha value is -2.57. The molecule has 6 nitrogen and oxygen atoms in total. The lowest BCUT2D eigenvalue weighted by atomic mass is 9.90. The number of benzene rings is 2. The molecular weight excluding hydrogens is 474 g/mol. The van der Waals surface area contributed by atoms with Crippen LogP contribution in [0.25, 0.3) is 0 Å². The Morgan fingerprint density at radius 1 is 1.03 bits per heavy atom. The third-order valence-electron chi connectivity index (χ3n) is 7.46. The molecule has 2 atom stereocenters. The molecule has 0 aliphatic carbocycles. The molecule has 2 amide bonds. The zero-order valence-corrected chi connectivity index (χ0v) is 22.2. The Kier molecular flexibility index (Phi) is 9.27. The molecule has 0 spiro atoms. The molecule has 2 aromatic carbocycles. The van der Waals surface area contributed by atoms with Gasteiger partial charge in [0.1, 0.15) is 11.9 Å². The number of piperidine rings is 2. The summed E-state index contributed by atoms with van der Waals surface area (Å²) in [5.74, 6) is 1.56. The topological polar surface area (TPSA) is 53.1 Å². The van der Waals surface area contributed by atoms with Crippen LogP contribution in [-0.2, 0) is 16.1 Å². The first-order chi connectivity index (χ1) is 17.4. The van der Waals surface area contributed by atoms with Gasteiger partial charge in [-0.05, 0) is 55.6 Å². The number of halogens is 1. The summed E-state index contributed by atoms with van der Waals surface area (Å²) >= 11 is 6.17. The van der Waals surface area contributed by atoms with Crippen molar-refractivity contribution in [1.82, 2.24) is 14.7 Å². The van der Waals surface area contributed by atoms with E-state index >= 15 is 0 Å². The quantitative estimate of drug-likeness (QED) is 0.514. The first kappa shape index (κ1) is 26.5. The minimum absolute atomic E-state index is 0.0582. The number of hydrogen-bond donors (Lipinski definition) is 0. The largest absolute Gasteiger partial charge is 0.490 e. The van der Waals surface area contributed by atoms with Crippen molar-refractivity contribution in [3.8, 4) is 5.75 Å². The number of carbonyl (C=O) groups is 2. The van der Waals surface area contributed by atoms with Gasteiger partial charge < -0.3 is 14.5 Å². The van der Waals surface area contributed by atoms with Crippen molar-refractivity contribution < 1.29 is 14.3 Å². The van der Waals surface area contributed by atoms with Crippen molar-refractivity contribution in [2.24, 2.45) is 11.8 Å². The molecule has 2 heterocycles. The first-order valence-electron chi connectivity index (χ1n) is 13.1. The number of nitrogens with zero attached hydrogens (tertiary/aromatic N) is 3. The van der Waals surface area contributed by atoms with Crippen LogP contribution in [0.1, 0.15) is 38.2 Å². The van der Waals surface area contributed by atoms with Gasteiger partial charge in [-0.1, -0.05) is 54.9 Å². The molecule has 0 radical (unpaired) electrons. The smallest absolute Gasteiger partial charge is 0.236 e. The number of carbonyl (C=O) groups excluding carboxylic acids is 2. The van der Waals surface area contributed by atoms with E-state index in [1.165, 1.54) is 0 Å². The summed E-state index contributed by atoms with van der Waals surface area (Å²) in [6, 6.07) is 17.4. The average molecular weight is 512 g/mol. The lowest BCUT2D eigenvalue weighted by molar-refractivity contribution is -0.139. The fraction of sp³-hybridized carbons (Fsp3) is 0.517. The van der Waals surface area contributed by atoms with Gasteiger partial charge in [0.15, 0.2) is 0 Å². The monoisotopic (exact) mass is 511 g/mol. The van der Waals surface area contributed by atoms with E-state index in [-0.39, 0.29) is 23.8 Å². The van der Waals surface area contributed by atoms with E-state index in [9.17, 15) is 9.59 Å². The molecule has 0 aromatic heterocycles. The molecule has 0 saturated carbocycles. The Balaban J connectivity index is 1.41. The number of rotatable bonds is 8. The lowest BCUT2D eigenvalue weighted by Crippen LogP contribution is -2.52. The van der Waals surface area contributed by atoms with Gasteiger partial charge in [-0.3, -0.25) is 14.5 Å². The molecule has 2 aliphatic heterocycles. The number of ether oxygens (including phenoxy) is 1. The van der Waals surface area contributed by atoms with Crippen LogP contribution in [-0.4, -0.2) is 72.4 Å². The van der Waals surface area contributed by atoms with E-state index in [2.05, 4.69) is 11.8 Å². The molecule has 2 fully saturated rings. The summed E-state index contributed by atoms with van der Waals surface area (Å²) in [5, 5.41) is 0.617. The van der Waals surface area contributed by atoms with Gasteiger partial charge in [0.2, 0.25) is 11.8 Å². The van der Waals surface area contributed by atoms with Crippen molar-refractivity contribution in [3.05, 3.63) is 65.2 Å². The van der Waals surface area contributed by atoms with Crippen molar-refractivity contribution >= 4 is 23.4 Å². The van der Waals surface area contributed by atoms with Gasteiger partial charge in [-0.25, -0.2) is 0 Å². The van der Waals surface area contributed by atoms with Gasteiger partial charge in [0, 0.05) is 50.5 Å². The van der Waals surface area contributed by atoms with E-state index in [4.69, 9.17) is 16.3 Å². The van der Waals surface area contributed by atoms with E-state index in [0.29, 0.717) is 49.8 Å². The molecule has 2 aromatic rings. The van der Waals surface area contributed by atoms with E-state index in [0.717, 1.165) is 37.4 Å². The second kappa shape index (κ2) is 12.6. The SMILES string of the molecule is CC1CCN(CC(=O)N2CC[C@H](Oc3cccc(Cl)c3)[C@@H](CC(=O)N(C)Cc3ccccc3)C2)CC1. The summed E-state index contributed by atoms with van der Waals surface area (Å²) in [4.78, 5) is 32.4. The molecule has 2 aliphatic rings. The molecule has 0 unspecified atom stereocenters. The van der Waals surface area contributed by atoms with E-state index in [1.807, 2.05) is 60.5 Å². The lowest BCUT2D eigenvalue weighted by Gasteiger charge is -2.40. The highest BCUT2D eigenvalue weighted by molar-refractivity contribution is 6.30. The molecule has 194 valence electrons. The van der Waals surface area contributed by atoms with Crippen LogP contribution in [0.2, 0.25) is 5.02 Å². The highest BCUT2D eigenvalue weighted by atomic mass is 35.5. The molecule has 4 rings (SSSR count).